The van der Waals surface area contributed by atoms with Crippen LogP contribution in [0.25, 0.3) is 5.70 Å². The fourth-order valence-corrected chi connectivity index (χ4v) is 3.47. The fourth-order valence-electron chi connectivity index (χ4n) is 2.47. The molecule has 114 valence electrons. The molecule has 0 unspecified atom stereocenters. The minimum atomic E-state index is -0.395. The molecule has 2 aliphatic heterocycles. The topological polar surface area (TPSA) is 70.8 Å². The van der Waals surface area contributed by atoms with Crippen LogP contribution in [0.1, 0.15) is 26.3 Å². The van der Waals surface area contributed by atoms with Gasteiger partial charge in [-0.2, -0.15) is 0 Å². The molecule has 0 saturated carbocycles. The Labute approximate surface area is 132 Å². The Morgan fingerprint density at radius 2 is 2.00 bits per heavy atom. The maximum Gasteiger partial charge on any atom is 0.269 e. The highest BCUT2D eigenvalue weighted by molar-refractivity contribution is 8.16. The van der Waals surface area contributed by atoms with E-state index in [9.17, 15) is 10.1 Å². The van der Waals surface area contributed by atoms with Gasteiger partial charge in [0.05, 0.1) is 16.2 Å². The minimum Gasteiger partial charge on any atom is -0.297 e. The zero-order valence-corrected chi connectivity index (χ0v) is 13.3. The quantitative estimate of drug-likeness (QED) is 0.668. The second kappa shape index (κ2) is 5.17. The average molecular weight is 316 g/mol. The van der Waals surface area contributed by atoms with Crippen molar-refractivity contribution in [2.24, 2.45) is 4.99 Å². The Morgan fingerprint density at radius 3 is 2.64 bits per heavy atom. The van der Waals surface area contributed by atoms with Crippen molar-refractivity contribution in [1.29, 1.82) is 0 Å². The number of hydrogen-bond acceptors (Lipinski definition) is 6. The third-order valence-corrected chi connectivity index (χ3v) is 4.15. The van der Waals surface area contributed by atoms with E-state index in [1.54, 1.807) is 23.9 Å². The lowest BCUT2D eigenvalue weighted by molar-refractivity contribution is -0.384. The van der Waals surface area contributed by atoms with E-state index < -0.39 is 4.92 Å². The van der Waals surface area contributed by atoms with Gasteiger partial charge in [0.15, 0.2) is 5.17 Å². The zero-order chi connectivity index (χ0) is 15.9. The number of nitrogens with zero attached hydrogens (tertiary/aromatic N) is 3. The first kappa shape index (κ1) is 14.6. The molecule has 1 aromatic rings. The van der Waals surface area contributed by atoms with Gasteiger partial charge in [-0.3, -0.25) is 20.5 Å². The summed E-state index contributed by atoms with van der Waals surface area (Å²) in [4.78, 5) is 15.1. The predicted molar refractivity (Wildman–Crippen MR) is 88.9 cm³/mol. The van der Waals surface area contributed by atoms with Crippen molar-refractivity contribution in [3.63, 3.8) is 0 Å². The highest BCUT2D eigenvalue weighted by atomic mass is 32.2. The van der Waals surface area contributed by atoms with Crippen LogP contribution in [0.2, 0.25) is 0 Å². The summed E-state index contributed by atoms with van der Waals surface area (Å²) >= 11 is 1.54. The van der Waals surface area contributed by atoms with Crippen molar-refractivity contribution >= 4 is 28.3 Å². The SMILES string of the molecule is CC1=CC(C)(C)N=C2SC=C(c3ccc([N+](=O)[O-])cc3)N2N1. The number of amidine groups is 1. The van der Waals surface area contributed by atoms with Crippen molar-refractivity contribution in [3.8, 4) is 0 Å². The van der Waals surface area contributed by atoms with Crippen molar-refractivity contribution in [2.75, 3.05) is 0 Å². The number of aliphatic imine (C=N–C) groups is 1. The third-order valence-electron chi connectivity index (χ3n) is 3.32. The maximum atomic E-state index is 10.8. The maximum absolute atomic E-state index is 10.8. The molecule has 6 nitrogen and oxygen atoms in total. The Balaban J connectivity index is 1.94. The van der Waals surface area contributed by atoms with Crippen LogP contribution in [0.4, 0.5) is 5.69 Å². The van der Waals surface area contributed by atoms with E-state index in [4.69, 9.17) is 4.99 Å². The van der Waals surface area contributed by atoms with Gasteiger partial charge in [-0.05, 0) is 39.0 Å². The molecule has 0 aromatic heterocycles. The molecule has 0 bridgehead atoms. The van der Waals surface area contributed by atoms with Gasteiger partial charge in [-0.25, -0.2) is 5.01 Å². The average Bonchev–Trinajstić information content (AvgIpc) is 2.74. The summed E-state index contributed by atoms with van der Waals surface area (Å²) in [5.74, 6) is 0. The van der Waals surface area contributed by atoms with E-state index in [1.165, 1.54) is 12.1 Å². The van der Waals surface area contributed by atoms with Gasteiger partial charge in [0, 0.05) is 28.8 Å². The van der Waals surface area contributed by atoms with E-state index in [1.807, 2.05) is 17.3 Å². The Kier molecular flexibility index (Phi) is 3.44. The van der Waals surface area contributed by atoms with E-state index >= 15 is 0 Å². The highest BCUT2D eigenvalue weighted by Gasteiger charge is 2.29. The first-order valence-electron chi connectivity index (χ1n) is 6.83. The first-order valence-corrected chi connectivity index (χ1v) is 7.71. The van der Waals surface area contributed by atoms with Crippen LogP contribution < -0.4 is 5.43 Å². The van der Waals surface area contributed by atoms with Crippen molar-refractivity contribution in [2.45, 2.75) is 26.3 Å². The van der Waals surface area contributed by atoms with Crippen LogP contribution in [-0.4, -0.2) is 20.6 Å². The largest absolute Gasteiger partial charge is 0.297 e. The molecule has 0 aliphatic carbocycles. The van der Waals surface area contributed by atoms with E-state index in [-0.39, 0.29) is 11.2 Å². The number of benzene rings is 1. The molecule has 1 aromatic carbocycles. The molecule has 7 heteroatoms. The third kappa shape index (κ3) is 2.71. The van der Waals surface area contributed by atoms with E-state index in [2.05, 4.69) is 25.3 Å². The molecule has 1 N–H and O–H groups in total. The van der Waals surface area contributed by atoms with Gasteiger partial charge in [0.2, 0.25) is 0 Å². The van der Waals surface area contributed by atoms with Crippen LogP contribution in [0, 0.1) is 10.1 Å². The number of hydrogen-bond donors (Lipinski definition) is 1. The van der Waals surface area contributed by atoms with Gasteiger partial charge in [-0.15, -0.1) is 0 Å². The number of hydrazine groups is 1. The zero-order valence-electron chi connectivity index (χ0n) is 12.5. The second-order valence-corrected chi connectivity index (χ2v) is 6.58. The molecule has 3 rings (SSSR count). The van der Waals surface area contributed by atoms with Crippen LogP contribution in [0.5, 0.6) is 0 Å². The van der Waals surface area contributed by atoms with Crippen molar-refractivity contribution in [1.82, 2.24) is 10.4 Å². The first-order chi connectivity index (χ1) is 10.4. The molecule has 0 saturated heterocycles. The molecule has 0 radical (unpaired) electrons. The summed E-state index contributed by atoms with van der Waals surface area (Å²) in [7, 11) is 0. The van der Waals surface area contributed by atoms with Gasteiger partial charge < -0.3 is 0 Å². The van der Waals surface area contributed by atoms with Gasteiger partial charge in [0.1, 0.15) is 0 Å². The number of fused-ring (bicyclic) bond motifs is 1. The predicted octanol–water partition coefficient (Wildman–Crippen LogP) is 3.50. The summed E-state index contributed by atoms with van der Waals surface area (Å²) in [6, 6.07) is 6.54. The summed E-state index contributed by atoms with van der Waals surface area (Å²) < 4.78 is 0. The molecule has 0 fully saturated rings. The Bertz CT molecular complexity index is 720. The number of non-ortho nitro benzene ring substituents is 1. The fraction of sp³-hybridized carbons (Fsp3) is 0.267. The number of rotatable bonds is 2. The molecule has 22 heavy (non-hydrogen) atoms. The Hall–Kier alpha value is -2.28. The van der Waals surface area contributed by atoms with Crippen molar-refractivity contribution < 1.29 is 4.92 Å². The monoisotopic (exact) mass is 316 g/mol. The van der Waals surface area contributed by atoms with Crippen LogP contribution in [0.3, 0.4) is 0 Å². The van der Waals surface area contributed by atoms with Gasteiger partial charge in [0.25, 0.3) is 5.69 Å². The van der Waals surface area contributed by atoms with Gasteiger partial charge in [-0.1, -0.05) is 11.8 Å². The summed E-state index contributed by atoms with van der Waals surface area (Å²) in [5.41, 5.74) is 5.99. The van der Waals surface area contributed by atoms with Crippen molar-refractivity contribution in [3.05, 3.63) is 57.1 Å². The molecular weight excluding hydrogens is 300 g/mol. The molecule has 0 amide bonds. The smallest absolute Gasteiger partial charge is 0.269 e. The minimum absolute atomic E-state index is 0.0879. The lowest BCUT2D eigenvalue weighted by atomic mass is 10.1. The molecule has 0 spiro atoms. The lowest BCUT2D eigenvalue weighted by Crippen LogP contribution is -2.35. The summed E-state index contributed by atoms with van der Waals surface area (Å²) in [5, 5.41) is 15.6. The molecular formula is C15H16N4O2S. The molecule has 2 aliphatic rings. The summed E-state index contributed by atoms with van der Waals surface area (Å²) in [6.45, 7) is 6.11. The molecule has 2 heterocycles. The van der Waals surface area contributed by atoms with E-state index in [0.29, 0.717) is 0 Å². The van der Waals surface area contributed by atoms with Crippen LogP contribution in [0.15, 0.2) is 46.4 Å². The van der Waals surface area contributed by atoms with Crippen LogP contribution in [-0.2, 0) is 0 Å². The van der Waals surface area contributed by atoms with Gasteiger partial charge >= 0.3 is 0 Å². The van der Waals surface area contributed by atoms with Crippen LogP contribution >= 0.6 is 11.8 Å². The van der Waals surface area contributed by atoms with E-state index in [0.717, 1.165) is 22.1 Å². The number of thioether (sulfide) groups is 1. The normalized spacial score (nSPS) is 19.4. The standard InChI is InChI=1S/C15H16N4O2S/c1-10-8-15(2,3)16-14-18(17-10)13(9-22-14)11-4-6-12(7-5-11)19(20)21/h4-9,17H,1-3H3. The second-order valence-electron chi connectivity index (χ2n) is 5.75. The molecule has 0 atom stereocenters. The number of nitro benzene ring substituents is 1. The number of nitrogens with one attached hydrogen (secondary N) is 1. The Morgan fingerprint density at radius 1 is 1.32 bits per heavy atom. The summed E-state index contributed by atoms with van der Waals surface area (Å²) in [6.07, 6.45) is 2.08. The number of allylic oxidation sites excluding steroid dienone is 1. The lowest BCUT2D eigenvalue weighted by Gasteiger charge is -2.23. The number of nitro groups is 1. The highest BCUT2D eigenvalue weighted by Crippen LogP contribution is 2.35.